The van der Waals surface area contributed by atoms with Crippen LogP contribution in [0.2, 0.25) is 0 Å². The average molecular weight is 519 g/mol. The summed E-state index contributed by atoms with van der Waals surface area (Å²) in [6.45, 7) is 10.7. The van der Waals surface area contributed by atoms with Crippen molar-refractivity contribution >= 4 is 28.6 Å². The van der Waals surface area contributed by atoms with Gasteiger partial charge >= 0.3 is 0 Å². The lowest BCUT2D eigenvalue weighted by Crippen LogP contribution is -2.45. The Morgan fingerprint density at radius 1 is 1.18 bits per heavy atom. The number of fused-ring (bicyclic) bond motifs is 1. The van der Waals surface area contributed by atoms with Crippen molar-refractivity contribution in [1.82, 2.24) is 30.1 Å². The molecule has 0 unspecified atom stereocenters. The van der Waals surface area contributed by atoms with Gasteiger partial charge in [0, 0.05) is 61.8 Å². The molecule has 1 saturated carbocycles. The van der Waals surface area contributed by atoms with E-state index in [1.165, 1.54) is 6.92 Å². The van der Waals surface area contributed by atoms with Crippen molar-refractivity contribution in [3.63, 3.8) is 0 Å². The van der Waals surface area contributed by atoms with Crippen molar-refractivity contribution in [3.05, 3.63) is 63.5 Å². The lowest BCUT2D eigenvalue weighted by Gasteiger charge is -2.28. The summed E-state index contributed by atoms with van der Waals surface area (Å²) in [4.78, 5) is 36.9. The number of carbonyl (C=O) groups excluding carboxylic acids is 1. The first-order chi connectivity index (χ1) is 18.4. The van der Waals surface area contributed by atoms with Crippen molar-refractivity contribution in [3.8, 4) is 0 Å². The number of dihydropyridines is 1. The third-order valence-electron chi connectivity index (χ3n) is 7.09. The number of allylic oxidation sites excluding steroid dienone is 2. The number of ketones is 1. The number of aromatic nitrogens is 3. The highest BCUT2D eigenvalue weighted by molar-refractivity contribution is 5.99. The van der Waals surface area contributed by atoms with E-state index in [4.69, 9.17) is 10.4 Å². The molecule has 1 saturated heterocycles. The van der Waals surface area contributed by atoms with Gasteiger partial charge in [0.2, 0.25) is 5.95 Å². The molecule has 4 heterocycles. The van der Waals surface area contributed by atoms with Crippen molar-refractivity contribution in [2.24, 2.45) is 0 Å². The molecule has 5 rings (SSSR count). The fraction of sp³-hybridized carbons (Fsp3) is 0.464. The molecule has 10 nitrogen and oxygen atoms in total. The Morgan fingerprint density at radius 3 is 2.53 bits per heavy atom. The zero-order valence-corrected chi connectivity index (χ0v) is 22.7. The Labute approximate surface area is 223 Å². The Hall–Kier alpha value is -3.79. The minimum atomic E-state index is -0.260. The summed E-state index contributed by atoms with van der Waals surface area (Å²) < 4.78 is 1.71. The number of piperazine rings is 1. The molecule has 0 aromatic carbocycles. The van der Waals surface area contributed by atoms with Crippen LogP contribution >= 0.6 is 0 Å². The largest absolute Gasteiger partial charge is 0.360 e. The van der Waals surface area contributed by atoms with E-state index in [0.29, 0.717) is 23.0 Å². The number of nitrogens with one attached hydrogen (secondary N) is 4. The molecule has 2 aliphatic heterocycles. The van der Waals surface area contributed by atoms with Crippen molar-refractivity contribution in [2.45, 2.75) is 59.4 Å². The summed E-state index contributed by atoms with van der Waals surface area (Å²) in [5, 5.41) is 18.8. The van der Waals surface area contributed by atoms with E-state index in [1.54, 1.807) is 23.9 Å². The van der Waals surface area contributed by atoms with Crippen LogP contribution in [0, 0.1) is 12.3 Å². The van der Waals surface area contributed by atoms with Crippen LogP contribution in [0.15, 0.2) is 46.8 Å². The highest BCUT2D eigenvalue weighted by Gasteiger charge is 2.26. The quantitative estimate of drug-likeness (QED) is 0.268. The first kappa shape index (κ1) is 27.3. The molecule has 0 bridgehead atoms. The lowest BCUT2D eigenvalue weighted by atomic mass is 10.0. The highest BCUT2D eigenvalue weighted by atomic mass is 16.1. The molecule has 2 aromatic heterocycles. The van der Waals surface area contributed by atoms with Crippen molar-refractivity contribution in [2.75, 3.05) is 31.5 Å². The Kier molecular flexibility index (Phi) is 8.73. The zero-order valence-electron chi connectivity index (χ0n) is 22.7. The van der Waals surface area contributed by atoms with Gasteiger partial charge in [0.25, 0.3) is 5.56 Å². The number of amidine groups is 1. The summed E-state index contributed by atoms with van der Waals surface area (Å²) in [6.07, 6.45) is 13.0. The predicted molar refractivity (Wildman–Crippen MR) is 152 cm³/mol. The van der Waals surface area contributed by atoms with Gasteiger partial charge in [-0.25, -0.2) is 4.98 Å². The van der Waals surface area contributed by atoms with E-state index in [0.717, 1.165) is 68.6 Å². The second kappa shape index (κ2) is 12.2. The summed E-state index contributed by atoms with van der Waals surface area (Å²) in [6, 6.07) is 0.0376. The van der Waals surface area contributed by atoms with Crippen LogP contribution in [0.25, 0.3) is 11.0 Å². The molecule has 4 N–H and O–H groups in total. The third-order valence-corrected chi connectivity index (χ3v) is 7.09. The Bertz CT molecular complexity index is 1360. The zero-order chi connectivity index (χ0) is 27.2. The maximum absolute atomic E-state index is 13.4. The summed E-state index contributed by atoms with van der Waals surface area (Å²) in [7, 11) is 0. The van der Waals surface area contributed by atoms with Gasteiger partial charge in [-0.05, 0) is 44.4 Å². The van der Waals surface area contributed by atoms with E-state index in [9.17, 15) is 9.59 Å². The molecular weight excluding hydrogens is 480 g/mol. The number of aryl methyl sites for hydroxylation is 1. The molecular formula is C28H38N8O2. The van der Waals surface area contributed by atoms with Crippen LogP contribution in [0.5, 0.6) is 0 Å². The Morgan fingerprint density at radius 2 is 1.89 bits per heavy atom. The van der Waals surface area contributed by atoms with Crippen LogP contribution in [-0.2, 0) is 0 Å². The van der Waals surface area contributed by atoms with Gasteiger partial charge < -0.3 is 20.9 Å². The lowest BCUT2D eigenvalue weighted by molar-refractivity contribution is 0.101. The van der Waals surface area contributed by atoms with Crippen molar-refractivity contribution < 1.29 is 4.79 Å². The van der Waals surface area contributed by atoms with Crippen LogP contribution in [0.1, 0.15) is 68.4 Å². The van der Waals surface area contributed by atoms with Crippen LogP contribution < -0.4 is 21.5 Å². The van der Waals surface area contributed by atoms with Crippen molar-refractivity contribution in [1.29, 1.82) is 5.41 Å². The van der Waals surface area contributed by atoms with Gasteiger partial charge in [0.15, 0.2) is 5.78 Å². The number of hydrogen-bond donors (Lipinski definition) is 4. The van der Waals surface area contributed by atoms with Crippen LogP contribution in [-0.4, -0.2) is 57.2 Å². The molecule has 202 valence electrons. The Balaban J connectivity index is 0.00000164. The molecule has 0 spiro atoms. The number of anilines is 1. The number of rotatable bonds is 5. The van der Waals surface area contributed by atoms with E-state index in [1.807, 2.05) is 37.0 Å². The summed E-state index contributed by atoms with van der Waals surface area (Å²) >= 11 is 0. The van der Waals surface area contributed by atoms with E-state index >= 15 is 0 Å². The van der Waals surface area contributed by atoms with Crippen LogP contribution in [0.3, 0.4) is 0 Å². The SMILES string of the molecule is CC.CC(=O)c1c(C)c2cnc(NC3=CN/C(=C\C(=N)N4CCNCC4)C=C3)nc2n(C2CCCC2)c1=O. The molecule has 3 aliphatic rings. The van der Waals surface area contributed by atoms with E-state index in [-0.39, 0.29) is 22.9 Å². The fourth-order valence-corrected chi connectivity index (χ4v) is 5.19. The topological polar surface area (TPSA) is 128 Å². The minimum absolute atomic E-state index is 0.0376. The third kappa shape index (κ3) is 5.70. The van der Waals surface area contributed by atoms with Gasteiger partial charge in [-0.1, -0.05) is 26.7 Å². The molecule has 1 aliphatic carbocycles. The standard InChI is InChI=1S/C26H32N8O2.C2H6/c1-16-21-15-30-26(32-24(21)34(20-5-3-4-6-20)25(36)23(16)17(2)35)31-19-8-7-18(29-14-19)13-22(27)33-11-9-28-10-12-33;1-2/h7-8,13-15,20,27-29H,3-6,9-12H2,1-2H3,(H,30,31,32);1-2H3/b18-13-,27-22?;. The predicted octanol–water partition coefficient (Wildman–Crippen LogP) is 3.62. The second-order valence-corrected chi connectivity index (χ2v) is 9.52. The summed E-state index contributed by atoms with van der Waals surface area (Å²) in [5.74, 6) is 0.629. The van der Waals surface area contributed by atoms with E-state index < -0.39 is 0 Å². The summed E-state index contributed by atoms with van der Waals surface area (Å²) in [5.41, 5.74) is 2.74. The number of Topliss-reactive ketones (excluding diaryl/α,β-unsaturated/α-hetero) is 1. The average Bonchev–Trinajstić information content (AvgIpc) is 3.46. The molecule has 10 heteroatoms. The minimum Gasteiger partial charge on any atom is -0.360 e. The van der Waals surface area contributed by atoms with Gasteiger partial charge in [-0.15, -0.1) is 0 Å². The molecule has 0 atom stereocenters. The number of hydrogen-bond acceptors (Lipinski definition) is 8. The monoisotopic (exact) mass is 518 g/mol. The maximum Gasteiger partial charge on any atom is 0.263 e. The second-order valence-electron chi connectivity index (χ2n) is 9.52. The number of nitrogens with zero attached hydrogens (tertiary/aromatic N) is 4. The molecule has 0 amide bonds. The van der Waals surface area contributed by atoms with E-state index in [2.05, 4.69) is 20.9 Å². The number of carbonyl (C=O) groups is 1. The fourth-order valence-electron chi connectivity index (χ4n) is 5.19. The van der Waals surface area contributed by atoms with Gasteiger partial charge in [0.1, 0.15) is 11.5 Å². The molecule has 0 radical (unpaired) electrons. The molecule has 38 heavy (non-hydrogen) atoms. The molecule has 2 aromatic rings. The first-order valence-electron chi connectivity index (χ1n) is 13.5. The van der Waals surface area contributed by atoms with Crippen LogP contribution in [0.4, 0.5) is 5.95 Å². The smallest absolute Gasteiger partial charge is 0.263 e. The maximum atomic E-state index is 13.4. The highest BCUT2D eigenvalue weighted by Crippen LogP contribution is 2.32. The van der Waals surface area contributed by atoms with Gasteiger partial charge in [-0.2, -0.15) is 4.98 Å². The number of pyridine rings is 1. The van der Waals surface area contributed by atoms with Gasteiger partial charge in [0.05, 0.1) is 11.3 Å². The molecule has 2 fully saturated rings. The normalized spacial score (nSPS) is 18.6. The van der Waals surface area contributed by atoms with Gasteiger partial charge in [-0.3, -0.25) is 19.6 Å². The first-order valence-corrected chi connectivity index (χ1v) is 13.5.